The Morgan fingerprint density at radius 1 is 1.06 bits per heavy atom. The van der Waals surface area contributed by atoms with Crippen molar-refractivity contribution in [2.45, 2.75) is 142 Å². The number of nitrogens with two attached hydrogens (primary N) is 1. The minimum atomic E-state index is -1.16. The number of hydrogen-bond donors (Lipinski definition) is 4. The predicted molar refractivity (Wildman–Crippen MR) is 182 cm³/mol. The molecule has 5 aliphatic carbocycles. The maximum absolute atomic E-state index is 11.6. The van der Waals surface area contributed by atoms with Gasteiger partial charge in [0.1, 0.15) is 6.10 Å². The molecule has 7 fully saturated rings. The fourth-order valence-corrected chi connectivity index (χ4v) is 13.4. The van der Waals surface area contributed by atoms with Gasteiger partial charge in [0.2, 0.25) is 0 Å². The summed E-state index contributed by atoms with van der Waals surface area (Å²) in [7, 11) is 1.00. The van der Waals surface area contributed by atoms with Crippen LogP contribution in [-0.2, 0) is 18.9 Å². The number of hydrogen-bond acceptors (Lipinski definition) is 9. The maximum Gasteiger partial charge on any atom is 0.404 e. The molecule has 7 rings (SSSR count). The number of morpholine rings is 1. The van der Waals surface area contributed by atoms with Gasteiger partial charge in [-0.2, -0.15) is 0 Å². The molecule has 0 aromatic carbocycles. The van der Waals surface area contributed by atoms with Gasteiger partial charge in [-0.25, -0.2) is 4.79 Å². The van der Waals surface area contributed by atoms with Gasteiger partial charge in [-0.15, -0.1) is 0 Å². The number of carbonyl (C=O) groups is 1. The summed E-state index contributed by atoms with van der Waals surface area (Å²) in [6, 6.07) is 0.520. The molecule has 0 aromatic heterocycles. The normalized spacial score (nSPS) is 45.6. The predicted octanol–water partition coefficient (Wildman–Crippen LogP) is 4.71. The van der Waals surface area contributed by atoms with E-state index >= 15 is 0 Å². The SMILES string of the molecule is CO.C[C@@H]1C23CC[C@H](OC4CN(C5COC5)CCO4)C(C)(C)C2CC[C@H]2C4C[C@@H](O)[C@H](CCC[C@H](OC(N)=O)C(C)(C)O)[C@@]4(C)CC[C@]123. The first-order valence-electron chi connectivity index (χ1n) is 19.1. The van der Waals surface area contributed by atoms with Crippen LogP contribution in [0.5, 0.6) is 0 Å². The van der Waals surface area contributed by atoms with E-state index in [1.54, 1.807) is 13.8 Å². The number of primary amides is 1. The lowest BCUT2D eigenvalue weighted by Gasteiger charge is -2.59. The Balaban J connectivity index is 0.00000197. The van der Waals surface area contributed by atoms with Crippen LogP contribution in [0.4, 0.5) is 4.79 Å². The molecule has 12 atom stereocenters. The van der Waals surface area contributed by atoms with Crippen LogP contribution in [0.1, 0.15) is 106 Å². The fraction of sp³-hybridized carbons (Fsp3) is 0.974. The summed E-state index contributed by atoms with van der Waals surface area (Å²) < 4.78 is 23.8. The lowest BCUT2D eigenvalue weighted by atomic mass is 9.46. The molecule has 48 heavy (non-hydrogen) atoms. The van der Waals surface area contributed by atoms with Crippen LogP contribution in [0.2, 0.25) is 0 Å². The zero-order chi connectivity index (χ0) is 34.9. The first-order chi connectivity index (χ1) is 22.7. The highest BCUT2D eigenvalue weighted by Crippen LogP contribution is 2.89. The first kappa shape index (κ1) is 36.8. The van der Waals surface area contributed by atoms with Crippen LogP contribution in [-0.4, -0.2) is 103 Å². The Morgan fingerprint density at radius 2 is 1.79 bits per heavy atom. The van der Waals surface area contributed by atoms with Crippen molar-refractivity contribution in [2.24, 2.45) is 57.0 Å². The molecule has 2 aliphatic heterocycles. The highest BCUT2D eigenvalue weighted by atomic mass is 16.7. The standard InChI is InChI=1S/C37H62N2O7.CH4O/c1-22-36-15-14-35(6)25(8-7-9-30(34(4,5)42)46-32(38)41)27(40)18-26(35)24(36)10-11-28-33(2,3)29(12-13-37(22,28)36)45-31-19-39(16-17-44-31)23-20-43-21-23;1-2/h22-31,40,42H,7-21H2,1-6H3,(H2,38,41);2H,1H3/t22-,24-,25-,26?,27+,28?,29-,30-,31?,35+,36-,37?;/m0./s1. The molecular formula is C38H66N2O8. The monoisotopic (exact) mass is 678 g/mol. The van der Waals surface area contributed by atoms with Gasteiger partial charge in [0.15, 0.2) is 6.29 Å². The van der Waals surface area contributed by atoms with Crippen LogP contribution < -0.4 is 5.73 Å². The summed E-state index contributed by atoms with van der Waals surface area (Å²) >= 11 is 0. The van der Waals surface area contributed by atoms with Gasteiger partial charge in [0.05, 0.1) is 50.2 Å². The van der Waals surface area contributed by atoms with E-state index in [0.717, 1.165) is 71.6 Å². The van der Waals surface area contributed by atoms with E-state index in [0.29, 0.717) is 41.0 Å². The van der Waals surface area contributed by atoms with Crippen LogP contribution in [0, 0.1) is 51.2 Å². The number of amides is 1. The third-order valence-electron chi connectivity index (χ3n) is 15.7. The van der Waals surface area contributed by atoms with Crippen molar-refractivity contribution in [3.8, 4) is 0 Å². The number of nitrogens with zero attached hydrogens (tertiary/aromatic N) is 1. The van der Waals surface area contributed by atoms with Gasteiger partial charge in [-0.3, -0.25) is 4.90 Å². The number of carbonyl (C=O) groups excluding carboxylic acids is 1. The van der Waals surface area contributed by atoms with Crippen LogP contribution in [0.25, 0.3) is 0 Å². The Bertz CT molecular complexity index is 1160. The quantitative estimate of drug-likeness (QED) is 0.273. The largest absolute Gasteiger partial charge is 0.443 e. The lowest BCUT2D eigenvalue weighted by molar-refractivity contribution is -0.253. The van der Waals surface area contributed by atoms with E-state index in [9.17, 15) is 15.0 Å². The first-order valence-corrected chi connectivity index (χ1v) is 19.1. The average Bonchev–Trinajstić information content (AvgIpc) is 3.41. The minimum absolute atomic E-state index is 0.0919. The molecule has 7 aliphatic rings. The zero-order valence-corrected chi connectivity index (χ0v) is 30.8. The summed E-state index contributed by atoms with van der Waals surface area (Å²) in [4.78, 5) is 14.0. The molecule has 2 heterocycles. The van der Waals surface area contributed by atoms with Crippen molar-refractivity contribution in [2.75, 3.05) is 40.0 Å². The average molecular weight is 679 g/mol. The molecular weight excluding hydrogens is 612 g/mol. The number of aliphatic hydroxyl groups excluding tert-OH is 2. The second-order valence-corrected chi connectivity index (χ2v) is 18.0. The van der Waals surface area contributed by atoms with E-state index in [4.69, 9.17) is 29.8 Å². The number of aliphatic hydroxyl groups is 3. The van der Waals surface area contributed by atoms with E-state index in [-0.39, 0.29) is 35.2 Å². The molecule has 0 aromatic rings. The lowest BCUT2D eigenvalue weighted by Crippen LogP contribution is -2.58. The molecule has 276 valence electrons. The van der Waals surface area contributed by atoms with Crippen molar-refractivity contribution < 1.29 is 39.1 Å². The van der Waals surface area contributed by atoms with Gasteiger partial charge in [-0.05, 0) is 129 Å². The third kappa shape index (κ3) is 5.66. The van der Waals surface area contributed by atoms with E-state index < -0.39 is 17.8 Å². The van der Waals surface area contributed by atoms with E-state index in [1.165, 1.54) is 32.1 Å². The molecule has 5 N–H and O–H groups in total. The highest BCUT2D eigenvalue weighted by Gasteiger charge is 2.84. The Kier molecular flexibility index (Phi) is 10.1. The van der Waals surface area contributed by atoms with Crippen molar-refractivity contribution >= 4 is 6.09 Å². The summed E-state index contributed by atoms with van der Waals surface area (Å²) in [5, 5.41) is 29.2. The number of rotatable bonds is 9. The molecule has 0 bridgehead atoms. The van der Waals surface area contributed by atoms with Gasteiger partial charge in [0.25, 0.3) is 0 Å². The second-order valence-electron chi connectivity index (χ2n) is 18.0. The topological polar surface area (TPSA) is 144 Å². The Morgan fingerprint density at radius 3 is 2.44 bits per heavy atom. The molecule has 2 saturated heterocycles. The Labute approximate surface area is 288 Å². The van der Waals surface area contributed by atoms with Crippen molar-refractivity contribution in [1.82, 2.24) is 4.90 Å². The van der Waals surface area contributed by atoms with Crippen LogP contribution in [0.3, 0.4) is 0 Å². The van der Waals surface area contributed by atoms with Crippen molar-refractivity contribution in [3.05, 3.63) is 0 Å². The smallest absolute Gasteiger partial charge is 0.404 e. The highest BCUT2D eigenvalue weighted by molar-refractivity contribution is 5.64. The molecule has 10 heteroatoms. The van der Waals surface area contributed by atoms with E-state index in [1.807, 2.05) is 0 Å². The van der Waals surface area contributed by atoms with Gasteiger partial charge in [0, 0.05) is 13.7 Å². The zero-order valence-electron chi connectivity index (χ0n) is 30.8. The van der Waals surface area contributed by atoms with Crippen LogP contribution >= 0.6 is 0 Å². The molecule has 0 radical (unpaired) electrons. The Hall–Kier alpha value is -1.01. The third-order valence-corrected chi connectivity index (χ3v) is 15.7. The maximum atomic E-state index is 11.6. The summed E-state index contributed by atoms with van der Waals surface area (Å²) in [5.74, 6) is 2.82. The molecule has 1 amide bonds. The molecule has 10 nitrogen and oxygen atoms in total. The van der Waals surface area contributed by atoms with Crippen LogP contribution in [0.15, 0.2) is 0 Å². The van der Waals surface area contributed by atoms with Crippen molar-refractivity contribution in [3.63, 3.8) is 0 Å². The van der Waals surface area contributed by atoms with Crippen molar-refractivity contribution in [1.29, 1.82) is 0 Å². The fourth-order valence-electron chi connectivity index (χ4n) is 13.4. The second kappa shape index (κ2) is 13.2. The summed E-state index contributed by atoms with van der Waals surface area (Å²) in [6.07, 6.45) is 8.72. The van der Waals surface area contributed by atoms with Gasteiger partial charge >= 0.3 is 6.09 Å². The number of fused-ring (bicyclic) bond motifs is 2. The van der Waals surface area contributed by atoms with Gasteiger partial charge < -0.3 is 40.0 Å². The van der Waals surface area contributed by atoms with E-state index in [2.05, 4.69) is 32.6 Å². The summed E-state index contributed by atoms with van der Waals surface area (Å²) in [5.41, 5.74) is 5.14. The molecule has 5 saturated carbocycles. The molecule has 4 unspecified atom stereocenters. The number of ether oxygens (including phenoxy) is 4. The molecule has 2 spiro atoms. The minimum Gasteiger partial charge on any atom is -0.443 e. The van der Waals surface area contributed by atoms with Gasteiger partial charge in [-0.1, -0.05) is 27.7 Å². The summed E-state index contributed by atoms with van der Waals surface area (Å²) in [6.45, 7) is 17.6.